The molecule has 0 spiro atoms. The Hall–Kier alpha value is -4.46. The van der Waals surface area contributed by atoms with Crippen molar-refractivity contribution in [1.82, 2.24) is 20.2 Å². The quantitative estimate of drug-likeness (QED) is 0.310. The lowest BCUT2D eigenvalue weighted by Crippen LogP contribution is -2.29. The highest BCUT2D eigenvalue weighted by molar-refractivity contribution is 6.32. The van der Waals surface area contributed by atoms with E-state index in [0.29, 0.717) is 16.6 Å². The third-order valence-corrected chi connectivity index (χ3v) is 5.66. The summed E-state index contributed by atoms with van der Waals surface area (Å²) in [6.45, 7) is 0. The van der Waals surface area contributed by atoms with Gasteiger partial charge in [0.05, 0.1) is 39.7 Å². The first kappa shape index (κ1) is 23.3. The number of H-pyrrole nitrogens is 2. The molecular formula is C24H12Cl2FN5O4. The molecule has 2 heterocycles. The third kappa shape index (κ3) is 4.45. The molecule has 12 heteroatoms. The maximum Gasteiger partial charge on any atom is 0.314 e. The molecule has 9 nitrogen and oxygen atoms in total. The monoisotopic (exact) mass is 523 g/mol. The van der Waals surface area contributed by atoms with Gasteiger partial charge < -0.3 is 19.1 Å². The Labute approximate surface area is 210 Å². The lowest BCUT2D eigenvalue weighted by Gasteiger charge is -2.12. The third-order valence-electron chi connectivity index (χ3n) is 5.15. The molecule has 0 bridgehead atoms. The predicted octanol–water partition coefficient (Wildman–Crippen LogP) is 4.97. The number of fused-ring (bicyclic) bond motifs is 1. The topological polar surface area (TPSA) is 138 Å². The first-order chi connectivity index (χ1) is 17.3. The second-order valence-electron chi connectivity index (χ2n) is 7.55. The van der Waals surface area contributed by atoms with E-state index >= 15 is 4.39 Å². The Morgan fingerprint density at radius 3 is 2.67 bits per heavy atom. The number of hydrogen-bond donors (Lipinski definition) is 2. The molecule has 2 aromatic heterocycles. The normalized spacial score (nSPS) is 10.9. The van der Waals surface area contributed by atoms with Crippen molar-refractivity contribution >= 4 is 34.2 Å². The summed E-state index contributed by atoms with van der Waals surface area (Å²) in [5, 5.41) is 17.3. The molecule has 0 atom stereocenters. The van der Waals surface area contributed by atoms with Crippen molar-refractivity contribution < 1.29 is 13.5 Å². The maximum absolute atomic E-state index is 15.3. The van der Waals surface area contributed by atoms with Crippen LogP contribution in [0.25, 0.3) is 22.5 Å². The summed E-state index contributed by atoms with van der Waals surface area (Å²) >= 11 is 12.2. The molecule has 0 saturated heterocycles. The Morgan fingerprint density at radius 2 is 1.86 bits per heavy atom. The van der Waals surface area contributed by atoms with Gasteiger partial charge in [-0.15, -0.1) is 10.2 Å². The van der Waals surface area contributed by atoms with Crippen molar-refractivity contribution in [2.24, 2.45) is 0 Å². The molecule has 0 aliphatic rings. The van der Waals surface area contributed by atoms with E-state index in [-0.39, 0.29) is 50.9 Å². The molecule has 36 heavy (non-hydrogen) atoms. The molecular weight excluding hydrogens is 512 g/mol. The lowest BCUT2D eigenvalue weighted by molar-refractivity contribution is 0.437. The van der Waals surface area contributed by atoms with Crippen molar-refractivity contribution in [2.45, 2.75) is 6.42 Å². The minimum atomic E-state index is -0.827. The number of aromatic nitrogens is 4. The minimum Gasteiger partial charge on any atom is -0.453 e. The second kappa shape index (κ2) is 9.30. The van der Waals surface area contributed by atoms with Crippen molar-refractivity contribution in [1.29, 1.82) is 5.26 Å². The zero-order chi connectivity index (χ0) is 25.4. The fraction of sp³-hybridized carbons (Fsp3) is 0.0417. The molecule has 3 aromatic carbocycles. The number of benzene rings is 3. The van der Waals surface area contributed by atoms with E-state index in [9.17, 15) is 9.59 Å². The van der Waals surface area contributed by atoms with Crippen LogP contribution in [-0.2, 0) is 6.42 Å². The van der Waals surface area contributed by atoms with E-state index in [1.165, 1.54) is 30.3 Å². The summed E-state index contributed by atoms with van der Waals surface area (Å²) in [6, 6.07) is 14.0. The van der Waals surface area contributed by atoms with Gasteiger partial charge in [0.1, 0.15) is 5.75 Å². The summed E-state index contributed by atoms with van der Waals surface area (Å²) < 4.78 is 26.7. The Bertz CT molecular complexity index is 1810. The molecule has 5 aromatic rings. The number of nitriles is 1. The molecule has 0 amide bonds. The maximum atomic E-state index is 15.3. The van der Waals surface area contributed by atoms with E-state index in [1.54, 1.807) is 18.2 Å². The number of ether oxygens (including phenoxy) is 1. The zero-order valence-corrected chi connectivity index (χ0v) is 19.4. The zero-order valence-electron chi connectivity index (χ0n) is 17.9. The molecule has 178 valence electrons. The van der Waals surface area contributed by atoms with Gasteiger partial charge in [0, 0.05) is 10.6 Å². The molecule has 0 radical (unpaired) electrons. The summed E-state index contributed by atoms with van der Waals surface area (Å²) in [7, 11) is 0. The van der Waals surface area contributed by atoms with Crippen LogP contribution in [-0.4, -0.2) is 20.2 Å². The van der Waals surface area contributed by atoms with E-state index in [0.717, 1.165) is 0 Å². The highest BCUT2D eigenvalue weighted by Crippen LogP contribution is 2.36. The van der Waals surface area contributed by atoms with Crippen LogP contribution >= 0.6 is 23.2 Å². The minimum absolute atomic E-state index is 0.00894. The van der Waals surface area contributed by atoms with Gasteiger partial charge in [0.25, 0.3) is 0 Å². The molecule has 0 saturated carbocycles. The molecule has 0 aliphatic carbocycles. The number of para-hydroxylation sites is 1. The largest absolute Gasteiger partial charge is 0.453 e. The van der Waals surface area contributed by atoms with Crippen LogP contribution in [0.15, 0.2) is 62.5 Å². The summed E-state index contributed by atoms with van der Waals surface area (Å²) in [4.78, 5) is 28.4. The first-order valence-corrected chi connectivity index (χ1v) is 11.0. The van der Waals surface area contributed by atoms with E-state index < -0.39 is 16.9 Å². The number of rotatable bonds is 5. The van der Waals surface area contributed by atoms with Crippen LogP contribution in [0.1, 0.15) is 17.0 Å². The molecule has 0 unspecified atom stereocenters. The number of nitrogens with one attached hydrogen (secondary N) is 2. The Kier molecular flexibility index (Phi) is 6.01. The fourth-order valence-corrected chi connectivity index (χ4v) is 3.93. The second-order valence-corrected chi connectivity index (χ2v) is 8.40. The average Bonchev–Trinajstić information content (AvgIpc) is 3.32. The average molecular weight is 524 g/mol. The van der Waals surface area contributed by atoms with Crippen LogP contribution < -0.4 is 15.9 Å². The van der Waals surface area contributed by atoms with Gasteiger partial charge >= 0.3 is 11.1 Å². The van der Waals surface area contributed by atoms with Gasteiger partial charge in [0.2, 0.25) is 11.8 Å². The van der Waals surface area contributed by atoms with E-state index in [1.807, 2.05) is 6.07 Å². The molecule has 5 rings (SSSR count). The summed E-state index contributed by atoms with van der Waals surface area (Å²) in [5.41, 5.74) is -0.151. The highest BCUT2D eigenvalue weighted by atomic mass is 35.5. The first-order valence-electron chi connectivity index (χ1n) is 10.3. The van der Waals surface area contributed by atoms with Gasteiger partial charge in [-0.25, -0.2) is 4.39 Å². The number of aromatic amines is 2. The Morgan fingerprint density at radius 1 is 1.06 bits per heavy atom. The predicted molar refractivity (Wildman–Crippen MR) is 129 cm³/mol. The van der Waals surface area contributed by atoms with Crippen molar-refractivity contribution in [3.05, 3.63) is 102 Å². The fourth-order valence-electron chi connectivity index (χ4n) is 3.52. The molecule has 0 fully saturated rings. The van der Waals surface area contributed by atoms with Crippen LogP contribution in [0, 0.1) is 17.1 Å². The van der Waals surface area contributed by atoms with Crippen LogP contribution in [0.3, 0.4) is 0 Å². The van der Waals surface area contributed by atoms with Crippen LogP contribution in [0.5, 0.6) is 11.5 Å². The SMILES string of the molecule is N#Cc1cc(Cl)cc(Oc2c(Cl)ccc(Cc3nnc(-c4cccc5[nH]c(=O)c(=O)[nH]c45)o3)c2F)c1. The van der Waals surface area contributed by atoms with Gasteiger partial charge in [-0.1, -0.05) is 35.3 Å². The van der Waals surface area contributed by atoms with E-state index in [4.69, 9.17) is 37.6 Å². The molecule has 0 aliphatic heterocycles. The van der Waals surface area contributed by atoms with Gasteiger partial charge in [-0.2, -0.15) is 5.26 Å². The summed E-state index contributed by atoms with van der Waals surface area (Å²) in [6.07, 6.45) is -0.0938. The van der Waals surface area contributed by atoms with Crippen LogP contribution in [0.4, 0.5) is 4.39 Å². The van der Waals surface area contributed by atoms with E-state index in [2.05, 4.69) is 20.2 Å². The highest BCUT2D eigenvalue weighted by Gasteiger charge is 2.19. The smallest absolute Gasteiger partial charge is 0.314 e. The number of hydrogen-bond acceptors (Lipinski definition) is 7. The molecule has 2 N–H and O–H groups in total. The summed E-state index contributed by atoms with van der Waals surface area (Å²) in [5.74, 6) is -0.730. The van der Waals surface area contributed by atoms with Gasteiger partial charge in [0.15, 0.2) is 11.6 Å². The van der Waals surface area contributed by atoms with Crippen molar-refractivity contribution in [3.8, 4) is 29.0 Å². The van der Waals surface area contributed by atoms with Gasteiger partial charge in [-0.3, -0.25) is 9.59 Å². The number of halogens is 3. The van der Waals surface area contributed by atoms with Gasteiger partial charge in [-0.05, 0) is 36.4 Å². The van der Waals surface area contributed by atoms with Crippen molar-refractivity contribution in [3.63, 3.8) is 0 Å². The van der Waals surface area contributed by atoms with Crippen molar-refractivity contribution in [2.75, 3.05) is 0 Å². The lowest BCUT2D eigenvalue weighted by atomic mass is 10.1. The number of nitrogens with zero attached hydrogens (tertiary/aromatic N) is 3. The van der Waals surface area contributed by atoms with Crippen LogP contribution in [0.2, 0.25) is 10.0 Å². The standard InChI is InChI=1S/C24H12Cl2FN5O4/c25-13-6-11(10-28)7-14(9-13)35-21-16(26)5-4-12(19(21)27)8-18-31-32-24(36-18)15-2-1-3-17-20(15)30-23(34)22(33)29-17/h1-7,9H,8H2,(H,29,33)(H,30,34). The Balaban J connectivity index is 1.47.